The van der Waals surface area contributed by atoms with Crippen LogP contribution in [0.4, 0.5) is 0 Å². The van der Waals surface area contributed by atoms with Crippen LogP contribution in [0.15, 0.2) is 41.8 Å². The zero-order chi connectivity index (χ0) is 14.4. The van der Waals surface area contributed by atoms with E-state index >= 15 is 0 Å². The third-order valence-corrected chi connectivity index (χ3v) is 4.12. The Hall–Kier alpha value is -1.36. The van der Waals surface area contributed by atoms with Crippen molar-refractivity contribution in [2.24, 2.45) is 5.73 Å². The van der Waals surface area contributed by atoms with Crippen molar-refractivity contribution in [3.05, 3.63) is 52.2 Å². The van der Waals surface area contributed by atoms with E-state index in [2.05, 4.69) is 18.4 Å². The third kappa shape index (κ3) is 3.82. The van der Waals surface area contributed by atoms with Gasteiger partial charge in [-0.05, 0) is 35.6 Å². The molecule has 2 N–H and O–H groups in total. The minimum atomic E-state index is -0.114. The van der Waals surface area contributed by atoms with Crippen LogP contribution >= 0.6 is 11.3 Å². The highest BCUT2D eigenvalue weighted by Gasteiger charge is 2.20. The van der Waals surface area contributed by atoms with Gasteiger partial charge >= 0.3 is 0 Å². The zero-order valence-corrected chi connectivity index (χ0v) is 12.7. The monoisotopic (exact) mass is 291 g/mol. The molecule has 1 aromatic carbocycles. The molecular formula is C16H21NO2S. The predicted octanol–water partition coefficient (Wildman–Crippen LogP) is 3.75. The summed E-state index contributed by atoms with van der Waals surface area (Å²) in [5.74, 6) is 0.829. The van der Waals surface area contributed by atoms with Crippen molar-refractivity contribution in [1.82, 2.24) is 0 Å². The van der Waals surface area contributed by atoms with Gasteiger partial charge in [0.25, 0.3) is 0 Å². The van der Waals surface area contributed by atoms with E-state index in [0.717, 1.165) is 17.7 Å². The highest BCUT2D eigenvalue weighted by atomic mass is 32.1. The number of ether oxygens (including phenoxy) is 2. The van der Waals surface area contributed by atoms with Gasteiger partial charge < -0.3 is 15.2 Å². The van der Waals surface area contributed by atoms with E-state index in [4.69, 9.17) is 15.2 Å². The molecule has 0 radical (unpaired) electrons. The maximum absolute atomic E-state index is 6.22. The molecule has 0 saturated heterocycles. The Labute approximate surface area is 124 Å². The van der Waals surface area contributed by atoms with Gasteiger partial charge in [-0.1, -0.05) is 25.1 Å². The van der Waals surface area contributed by atoms with Crippen LogP contribution in [-0.4, -0.2) is 13.2 Å². The molecule has 0 amide bonds. The summed E-state index contributed by atoms with van der Waals surface area (Å²) < 4.78 is 11.3. The average molecular weight is 291 g/mol. The number of hydrogen-bond donors (Lipinski definition) is 1. The molecule has 2 aromatic rings. The number of hydrogen-bond acceptors (Lipinski definition) is 4. The number of benzene rings is 1. The largest absolute Gasteiger partial charge is 0.497 e. The second-order valence-corrected chi connectivity index (χ2v) is 5.69. The smallest absolute Gasteiger partial charge is 0.119 e. The van der Waals surface area contributed by atoms with Crippen molar-refractivity contribution in [2.45, 2.75) is 32.1 Å². The minimum Gasteiger partial charge on any atom is -0.497 e. The van der Waals surface area contributed by atoms with Gasteiger partial charge in [-0.15, -0.1) is 11.3 Å². The molecule has 1 heterocycles. The summed E-state index contributed by atoms with van der Waals surface area (Å²) in [4.78, 5) is 1.21. The Morgan fingerprint density at radius 3 is 2.75 bits per heavy atom. The lowest BCUT2D eigenvalue weighted by Crippen LogP contribution is -2.29. The molecule has 20 heavy (non-hydrogen) atoms. The van der Waals surface area contributed by atoms with Crippen LogP contribution in [0, 0.1) is 0 Å². The summed E-state index contributed by atoms with van der Waals surface area (Å²) >= 11 is 1.70. The maximum Gasteiger partial charge on any atom is 0.119 e. The van der Waals surface area contributed by atoms with Crippen molar-refractivity contribution in [1.29, 1.82) is 0 Å². The molecule has 2 unspecified atom stereocenters. The number of thiophene rings is 1. The van der Waals surface area contributed by atoms with Gasteiger partial charge in [0, 0.05) is 10.9 Å². The topological polar surface area (TPSA) is 44.5 Å². The van der Waals surface area contributed by atoms with Crippen LogP contribution in [-0.2, 0) is 11.3 Å². The van der Waals surface area contributed by atoms with Crippen LogP contribution in [0.3, 0.4) is 0 Å². The molecule has 108 valence electrons. The molecule has 0 aliphatic heterocycles. The van der Waals surface area contributed by atoms with Crippen LogP contribution in [0.1, 0.15) is 29.9 Å². The summed E-state index contributed by atoms with van der Waals surface area (Å²) in [5, 5.41) is 2.05. The fourth-order valence-corrected chi connectivity index (χ4v) is 2.69. The lowest BCUT2D eigenvalue weighted by Gasteiger charge is -2.24. The molecule has 0 aliphatic carbocycles. The van der Waals surface area contributed by atoms with Crippen molar-refractivity contribution >= 4 is 11.3 Å². The molecule has 1 aromatic heterocycles. The van der Waals surface area contributed by atoms with Crippen molar-refractivity contribution in [3.63, 3.8) is 0 Å². The Morgan fingerprint density at radius 2 is 2.10 bits per heavy atom. The first-order valence-electron chi connectivity index (χ1n) is 6.78. The summed E-state index contributed by atoms with van der Waals surface area (Å²) in [6.07, 6.45) is 0.754. The Kier molecular flexibility index (Phi) is 5.59. The van der Waals surface area contributed by atoms with Crippen LogP contribution in [0.5, 0.6) is 5.75 Å². The minimum absolute atomic E-state index is 0.0259. The van der Waals surface area contributed by atoms with E-state index in [-0.39, 0.29) is 12.1 Å². The quantitative estimate of drug-likeness (QED) is 0.845. The normalized spacial score (nSPS) is 13.9. The zero-order valence-electron chi connectivity index (χ0n) is 11.9. The molecule has 0 spiro atoms. The van der Waals surface area contributed by atoms with Gasteiger partial charge in [0.1, 0.15) is 5.75 Å². The van der Waals surface area contributed by atoms with E-state index in [1.54, 1.807) is 18.4 Å². The first-order chi connectivity index (χ1) is 9.74. The summed E-state index contributed by atoms with van der Waals surface area (Å²) in [7, 11) is 1.67. The second-order valence-electron chi connectivity index (χ2n) is 4.66. The molecule has 0 bridgehead atoms. The summed E-state index contributed by atoms with van der Waals surface area (Å²) in [6.45, 7) is 2.67. The lowest BCUT2D eigenvalue weighted by molar-refractivity contribution is 0.0226. The van der Waals surface area contributed by atoms with Crippen LogP contribution < -0.4 is 10.5 Å². The average Bonchev–Trinajstić information content (AvgIpc) is 3.00. The van der Waals surface area contributed by atoms with Crippen LogP contribution in [0.2, 0.25) is 0 Å². The molecule has 0 saturated carbocycles. The summed E-state index contributed by atoms with van der Waals surface area (Å²) in [6, 6.07) is 12.0. The Morgan fingerprint density at radius 1 is 1.25 bits per heavy atom. The lowest BCUT2D eigenvalue weighted by atomic mass is 10.0. The Balaban J connectivity index is 2.13. The van der Waals surface area contributed by atoms with Crippen molar-refractivity contribution in [3.8, 4) is 5.75 Å². The maximum atomic E-state index is 6.22. The molecule has 0 aliphatic rings. The molecule has 4 heteroatoms. The SMILES string of the molecule is CCC(N)C(OCc1cccs1)c1cccc(OC)c1. The fourth-order valence-electron chi connectivity index (χ4n) is 2.07. The van der Waals surface area contributed by atoms with E-state index < -0.39 is 0 Å². The second kappa shape index (κ2) is 7.43. The first kappa shape index (κ1) is 15.0. The van der Waals surface area contributed by atoms with E-state index in [1.807, 2.05) is 30.3 Å². The molecule has 2 atom stereocenters. The van der Waals surface area contributed by atoms with Gasteiger partial charge in [0.15, 0.2) is 0 Å². The number of rotatable bonds is 7. The van der Waals surface area contributed by atoms with E-state index in [9.17, 15) is 0 Å². The van der Waals surface area contributed by atoms with E-state index in [1.165, 1.54) is 4.88 Å². The molecule has 2 rings (SSSR count). The Bertz CT molecular complexity index is 513. The summed E-state index contributed by atoms with van der Waals surface area (Å²) in [5.41, 5.74) is 7.28. The standard InChI is InChI=1S/C16H21NO2S/c1-3-15(17)16(19-11-14-8-5-9-20-14)12-6-4-7-13(10-12)18-2/h4-10,15-16H,3,11,17H2,1-2H3. The van der Waals surface area contributed by atoms with Gasteiger partial charge in [0.05, 0.1) is 19.8 Å². The van der Waals surface area contributed by atoms with Crippen molar-refractivity contribution < 1.29 is 9.47 Å². The van der Waals surface area contributed by atoms with Crippen LogP contribution in [0.25, 0.3) is 0 Å². The third-order valence-electron chi connectivity index (χ3n) is 3.27. The van der Waals surface area contributed by atoms with Crippen molar-refractivity contribution in [2.75, 3.05) is 7.11 Å². The highest BCUT2D eigenvalue weighted by molar-refractivity contribution is 7.09. The van der Waals surface area contributed by atoms with Gasteiger partial charge in [-0.25, -0.2) is 0 Å². The molecule has 3 nitrogen and oxygen atoms in total. The fraction of sp³-hybridized carbons (Fsp3) is 0.375. The first-order valence-corrected chi connectivity index (χ1v) is 7.66. The van der Waals surface area contributed by atoms with E-state index in [0.29, 0.717) is 6.61 Å². The van der Waals surface area contributed by atoms with Gasteiger partial charge in [0.2, 0.25) is 0 Å². The molecular weight excluding hydrogens is 270 g/mol. The molecule has 0 fully saturated rings. The predicted molar refractivity (Wildman–Crippen MR) is 83.1 cm³/mol. The number of nitrogens with two attached hydrogens (primary N) is 1. The number of methoxy groups -OCH3 is 1. The van der Waals surface area contributed by atoms with Gasteiger partial charge in [-0.2, -0.15) is 0 Å². The highest BCUT2D eigenvalue weighted by Crippen LogP contribution is 2.27. The van der Waals surface area contributed by atoms with Gasteiger partial charge in [-0.3, -0.25) is 0 Å².